The maximum absolute atomic E-state index is 12.0. The van der Waals surface area contributed by atoms with Gasteiger partial charge in [-0.1, -0.05) is 50.2 Å². The first-order valence-corrected chi connectivity index (χ1v) is 7.01. The summed E-state index contributed by atoms with van der Waals surface area (Å²) >= 11 is 0. The first kappa shape index (κ1) is 14.5. The molecule has 1 amide bonds. The van der Waals surface area contributed by atoms with Gasteiger partial charge in [-0.25, -0.2) is 0 Å². The minimum atomic E-state index is 0.117. The van der Waals surface area contributed by atoms with E-state index in [1.807, 2.05) is 33.0 Å². The molecule has 2 aromatic rings. The molecular weight excluding hydrogens is 248 g/mol. The molecule has 0 bridgehead atoms. The molecular formula is C17H22N2O. The number of hydrogen-bond acceptors (Lipinski definition) is 2. The van der Waals surface area contributed by atoms with Crippen LogP contribution in [0.25, 0.3) is 10.8 Å². The number of nitrogens with zero attached hydrogens (tertiary/aromatic N) is 1. The van der Waals surface area contributed by atoms with Gasteiger partial charge in [0.15, 0.2) is 0 Å². The fraction of sp³-hybridized carbons (Fsp3) is 0.353. The third-order valence-electron chi connectivity index (χ3n) is 3.32. The Morgan fingerprint density at radius 2 is 1.85 bits per heavy atom. The Morgan fingerprint density at radius 3 is 2.55 bits per heavy atom. The minimum Gasteiger partial charge on any atom is -0.340 e. The Hall–Kier alpha value is -1.87. The Labute approximate surface area is 120 Å². The maximum atomic E-state index is 12.0. The van der Waals surface area contributed by atoms with Gasteiger partial charge in [-0.2, -0.15) is 0 Å². The van der Waals surface area contributed by atoms with Crippen molar-refractivity contribution >= 4 is 16.7 Å². The summed E-state index contributed by atoms with van der Waals surface area (Å²) < 4.78 is 0. The smallest absolute Gasteiger partial charge is 0.236 e. The molecule has 2 rings (SSSR count). The summed E-state index contributed by atoms with van der Waals surface area (Å²) in [5, 5.41) is 5.59. The van der Waals surface area contributed by atoms with Crippen LogP contribution in [-0.4, -0.2) is 30.4 Å². The molecule has 0 radical (unpaired) electrons. The largest absolute Gasteiger partial charge is 0.340 e. The molecule has 3 nitrogen and oxygen atoms in total. The zero-order chi connectivity index (χ0) is 14.5. The van der Waals surface area contributed by atoms with Gasteiger partial charge in [0, 0.05) is 19.6 Å². The molecule has 0 aliphatic rings. The minimum absolute atomic E-state index is 0.117. The highest BCUT2D eigenvalue weighted by Crippen LogP contribution is 2.16. The van der Waals surface area contributed by atoms with Crippen LogP contribution in [0.15, 0.2) is 42.5 Å². The summed E-state index contributed by atoms with van der Waals surface area (Å²) in [6.45, 7) is 5.11. The highest BCUT2D eigenvalue weighted by atomic mass is 16.2. The highest BCUT2D eigenvalue weighted by molar-refractivity contribution is 5.83. The number of rotatable bonds is 5. The summed E-state index contributed by atoms with van der Waals surface area (Å²) in [6, 6.07) is 14.9. The van der Waals surface area contributed by atoms with Crippen molar-refractivity contribution in [1.29, 1.82) is 0 Å². The van der Waals surface area contributed by atoms with Gasteiger partial charge in [-0.3, -0.25) is 4.79 Å². The van der Waals surface area contributed by atoms with Gasteiger partial charge in [0.25, 0.3) is 0 Å². The van der Waals surface area contributed by atoms with E-state index >= 15 is 0 Å². The molecule has 0 aromatic heterocycles. The molecule has 0 atom stereocenters. The lowest BCUT2D eigenvalue weighted by Gasteiger charge is -2.19. The zero-order valence-electron chi connectivity index (χ0n) is 12.4. The quantitative estimate of drug-likeness (QED) is 0.906. The third kappa shape index (κ3) is 3.81. The number of carbonyl (C=O) groups excluding carboxylic acids is 1. The normalized spacial score (nSPS) is 11.0. The number of carbonyl (C=O) groups is 1. The molecule has 0 saturated heterocycles. The number of nitrogens with one attached hydrogen (secondary N) is 1. The Morgan fingerprint density at radius 1 is 1.15 bits per heavy atom. The molecule has 0 unspecified atom stereocenters. The second kappa shape index (κ2) is 6.53. The Bertz CT molecular complexity index is 592. The lowest BCUT2D eigenvalue weighted by molar-refractivity contribution is -0.129. The van der Waals surface area contributed by atoms with E-state index in [2.05, 4.69) is 35.6 Å². The second-order valence-corrected chi connectivity index (χ2v) is 5.47. The molecule has 0 saturated carbocycles. The van der Waals surface area contributed by atoms with E-state index in [4.69, 9.17) is 0 Å². The molecule has 106 valence electrons. The van der Waals surface area contributed by atoms with Gasteiger partial charge in [0.05, 0.1) is 6.54 Å². The summed E-state index contributed by atoms with van der Waals surface area (Å²) in [5.41, 5.74) is 1.16. The molecule has 2 aromatic carbocycles. The molecule has 0 aliphatic carbocycles. The van der Waals surface area contributed by atoms with E-state index in [1.54, 1.807) is 4.90 Å². The van der Waals surface area contributed by atoms with Crippen LogP contribution in [0, 0.1) is 0 Å². The van der Waals surface area contributed by atoms with Crippen molar-refractivity contribution in [3.8, 4) is 0 Å². The Balaban J connectivity index is 2.02. The van der Waals surface area contributed by atoms with Crippen LogP contribution in [-0.2, 0) is 11.3 Å². The number of fused-ring (bicyclic) bond motifs is 1. The van der Waals surface area contributed by atoms with E-state index in [0.717, 1.165) is 5.56 Å². The monoisotopic (exact) mass is 270 g/mol. The van der Waals surface area contributed by atoms with Gasteiger partial charge in [0.2, 0.25) is 5.91 Å². The molecule has 0 heterocycles. The molecule has 1 N–H and O–H groups in total. The van der Waals surface area contributed by atoms with Gasteiger partial charge in [-0.05, 0) is 22.4 Å². The molecule has 0 spiro atoms. The van der Waals surface area contributed by atoms with Gasteiger partial charge in [0.1, 0.15) is 0 Å². The third-order valence-corrected chi connectivity index (χ3v) is 3.32. The summed E-state index contributed by atoms with van der Waals surface area (Å²) in [4.78, 5) is 13.7. The van der Waals surface area contributed by atoms with E-state index < -0.39 is 0 Å². The zero-order valence-corrected chi connectivity index (χ0v) is 12.4. The fourth-order valence-electron chi connectivity index (χ4n) is 2.13. The average Bonchev–Trinajstić information content (AvgIpc) is 2.44. The maximum Gasteiger partial charge on any atom is 0.236 e. The van der Waals surface area contributed by atoms with Crippen molar-refractivity contribution in [2.24, 2.45) is 0 Å². The topological polar surface area (TPSA) is 32.3 Å². The van der Waals surface area contributed by atoms with Crippen LogP contribution in [0.1, 0.15) is 19.4 Å². The highest BCUT2D eigenvalue weighted by Gasteiger charge is 2.09. The van der Waals surface area contributed by atoms with E-state index in [9.17, 15) is 4.79 Å². The summed E-state index contributed by atoms with van der Waals surface area (Å²) in [7, 11) is 1.85. The summed E-state index contributed by atoms with van der Waals surface area (Å²) in [6.07, 6.45) is 0. The van der Waals surface area contributed by atoms with Crippen LogP contribution in [0.4, 0.5) is 0 Å². The Kier molecular flexibility index (Phi) is 4.74. The van der Waals surface area contributed by atoms with Crippen molar-refractivity contribution in [1.82, 2.24) is 10.2 Å². The van der Waals surface area contributed by atoms with Crippen molar-refractivity contribution in [3.05, 3.63) is 48.0 Å². The van der Waals surface area contributed by atoms with Crippen molar-refractivity contribution in [2.45, 2.75) is 26.4 Å². The first-order valence-electron chi connectivity index (χ1n) is 7.01. The van der Waals surface area contributed by atoms with Crippen molar-refractivity contribution in [3.63, 3.8) is 0 Å². The molecule has 3 heteroatoms. The number of hydrogen-bond donors (Lipinski definition) is 1. The average molecular weight is 270 g/mol. The van der Waals surface area contributed by atoms with Gasteiger partial charge < -0.3 is 10.2 Å². The van der Waals surface area contributed by atoms with Crippen LogP contribution < -0.4 is 5.32 Å². The summed E-state index contributed by atoms with van der Waals surface area (Å²) in [5.74, 6) is 0.117. The van der Waals surface area contributed by atoms with E-state index in [1.165, 1.54) is 10.8 Å². The molecule has 0 fully saturated rings. The van der Waals surface area contributed by atoms with Crippen molar-refractivity contribution < 1.29 is 4.79 Å². The predicted octanol–water partition coefficient (Wildman–Crippen LogP) is 2.80. The van der Waals surface area contributed by atoms with Crippen LogP contribution in [0.5, 0.6) is 0 Å². The van der Waals surface area contributed by atoms with Gasteiger partial charge in [-0.15, -0.1) is 0 Å². The van der Waals surface area contributed by atoms with Crippen LogP contribution in [0.3, 0.4) is 0 Å². The predicted molar refractivity (Wildman–Crippen MR) is 83.6 cm³/mol. The number of likely N-dealkylation sites (N-methyl/N-ethyl adjacent to an activating group) is 1. The second-order valence-electron chi connectivity index (χ2n) is 5.47. The van der Waals surface area contributed by atoms with Gasteiger partial charge >= 0.3 is 0 Å². The van der Waals surface area contributed by atoms with Crippen LogP contribution >= 0.6 is 0 Å². The standard InChI is InChI=1S/C17H22N2O/c1-13(2)18-11-17(20)19(3)12-14-8-9-15-6-4-5-7-16(15)10-14/h4-10,13,18H,11-12H2,1-3H3. The molecule has 20 heavy (non-hydrogen) atoms. The van der Waals surface area contributed by atoms with Crippen molar-refractivity contribution in [2.75, 3.05) is 13.6 Å². The lowest BCUT2D eigenvalue weighted by atomic mass is 10.1. The number of amides is 1. The van der Waals surface area contributed by atoms with E-state index in [-0.39, 0.29) is 5.91 Å². The first-order chi connectivity index (χ1) is 9.56. The SMILES string of the molecule is CC(C)NCC(=O)N(C)Cc1ccc2ccccc2c1. The van der Waals surface area contributed by atoms with E-state index in [0.29, 0.717) is 19.1 Å². The van der Waals surface area contributed by atoms with Crippen LogP contribution in [0.2, 0.25) is 0 Å². The lowest BCUT2D eigenvalue weighted by Crippen LogP contribution is -2.37. The molecule has 0 aliphatic heterocycles. The number of benzene rings is 2. The fourth-order valence-corrected chi connectivity index (χ4v) is 2.13.